The lowest BCUT2D eigenvalue weighted by Crippen LogP contribution is -2.53. The van der Waals surface area contributed by atoms with E-state index in [1.54, 1.807) is 19.1 Å². The Bertz CT molecular complexity index is 516. The summed E-state index contributed by atoms with van der Waals surface area (Å²) in [6.45, 7) is 6.23. The summed E-state index contributed by atoms with van der Waals surface area (Å²) in [6.07, 6.45) is 5.52. The zero-order chi connectivity index (χ0) is 18.1. The molecule has 0 saturated carbocycles. The molecule has 0 spiro atoms. The topological polar surface area (TPSA) is 95.6 Å². The number of Topliss-reactive ketones (excluding diaryl/α,β-unsaturated/α-hetero) is 1. The van der Waals surface area contributed by atoms with Gasteiger partial charge in [0.05, 0.1) is 6.04 Å². The summed E-state index contributed by atoms with van der Waals surface area (Å²) in [5.41, 5.74) is 0. The molecule has 0 bridgehead atoms. The molecule has 7 nitrogen and oxygen atoms in total. The normalized spacial score (nSPS) is 17.5. The molecule has 1 aliphatic rings. The number of likely N-dealkylation sites (N-methyl/N-ethyl adjacent to an activating group) is 1. The fourth-order valence-electron chi connectivity index (χ4n) is 2.58. The molecular weight excluding hydrogens is 310 g/mol. The average molecular weight is 337 g/mol. The molecule has 134 valence electrons. The summed E-state index contributed by atoms with van der Waals surface area (Å²) in [7, 11) is 0. The number of nitrogens with one attached hydrogen (secondary N) is 2. The molecule has 2 unspecified atom stereocenters. The van der Waals surface area contributed by atoms with Crippen molar-refractivity contribution < 1.29 is 19.2 Å². The van der Waals surface area contributed by atoms with Crippen LogP contribution in [0.15, 0.2) is 12.2 Å². The van der Waals surface area contributed by atoms with Gasteiger partial charge in [0.2, 0.25) is 17.6 Å². The van der Waals surface area contributed by atoms with Gasteiger partial charge in [0.25, 0.3) is 5.91 Å². The molecule has 24 heavy (non-hydrogen) atoms. The Kier molecular flexibility index (Phi) is 8.15. The molecule has 1 rings (SSSR count). The Hall–Kier alpha value is -2.18. The summed E-state index contributed by atoms with van der Waals surface area (Å²) >= 11 is 0. The van der Waals surface area contributed by atoms with Crippen LogP contribution < -0.4 is 10.6 Å². The summed E-state index contributed by atoms with van der Waals surface area (Å²) < 4.78 is 0. The molecule has 0 aliphatic carbocycles. The molecule has 0 aromatic carbocycles. The molecule has 0 radical (unpaired) electrons. The zero-order valence-electron chi connectivity index (χ0n) is 14.6. The third-order valence-corrected chi connectivity index (χ3v) is 3.78. The van der Waals surface area contributed by atoms with Crippen molar-refractivity contribution in [3.05, 3.63) is 12.2 Å². The van der Waals surface area contributed by atoms with Crippen LogP contribution in [0.25, 0.3) is 0 Å². The average Bonchev–Trinajstić information content (AvgIpc) is 3.04. The summed E-state index contributed by atoms with van der Waals surface area (Å²) in [5, 5.41) is 5.08. The van der Waals surface area contributed by atoms with Gasteiger partial charge in [0.15, 0.2) is 0 Å². The van der Waals surface area contributed by atoms with Crippen molar-refractivity contribution in [3.8, 4) is 0 Å². The van der Waals surface area contributed by atoms with Gasteiger partial charge in [-0.15, -0.1) is 0 Å². The lowest BCUT2D eigenvalue weighted by molar-refractivity contribution is -0.141. The number of carbonyl (C=O) groups excluding carboxylic acids is 4. The SMILES string of the molecule is CCCC(=O)N1CC=CC1C(=O)NC(CCC)C(=O)C(=O)NCC. The van der Waals surface area contributed by atoms with Crippen LogP contribution in [-0.2, 0) is 19.2 Å². The van der Waals surface area contributed by atoms with Crippen molar-refractivity contribution in [2.75, 3.05) is 13.1 Å². The molecule has 7 heteroatoms. The van der Waals surface area contributed by atoms with Crippen LogP contribution in [0.1, 0.15) is 46.5 Å². The second-order valence-corrected chi connectivity index (χ2v) is 5.74. The van der Waals surface area contributed by atoms with E-state index in [1.165, 1.54) is 4.90 Å². The van der Waals surface area contributed by atoms with Gasteiger partial charge in [-0.2, -0.15) is 0 Å². The van der Waals surface area contributed by atoms with E-state index in [2.05, 4.69) is 10.6 Å². The van der Waals surface area contributed by atoms with Crippen molar-refractivity contribution in [3.63, 3.8) is 0 Å². The maximum atomic E-state index is 12.5. The molecule has 1 aliphatic heterocycles. The highest BCUT2D eigenvalue weighted by atomic mass is 16.2. The van der Waals surface area contributed by atoms with Crippen LogP contribution in [-0.4, -0.2) is 53.6 Å². The van der Waals surface area contributed by atoms with Crippen LogP contribution in [0, 0.1) is 0 Å². The third kappa shape index (κ3) is 5.18. The summed E-state index contributed by atoms with van der Waals surface area (Å²) in [6, 6.07) is -1.59. The molecule has 3 amide bonds. The van der Waals surface area contributed by atoms with Crippen LogP contribution in [0.2, 0.25) is 0 Å². The Morgan fingerprint density at radius 2 is 1.88 bits per heavy atom. The van der Waals surface area contributed by atoms with Crippen molar-refractivity contribution in [1.29, 1.82) is 0 Å². The van der Waals surface area contributed by atoms with Crippen molar-refractivity contribution in [1.82, 2.24) is 15.5 Å². The summed E-state index contributed by atoms with van der Waals surface area (Å²) in [4.78, 5) is 49.9. The van der Waals surface area contributed by atoms with E-state index in [0.717, 1.165) is 0 Å². The number of hydrogen-bond acceptors (Lipinski definition) is 4. The number of amides is 3. The maximum Gasteiger partial charge on any atom is 0.289 e. The van der Waals surface area contributed by atoms with Gasteiger partial charge < -0.3 is 15.5 Å². The molecule has 0 saturated heterocycles. The van der Waals surface area contributed by atoms with E-state index in [1.807, 2.05) is 13.8 Å². The predicted octanol–water partition coefficient (Wildman–Crippen LogP) is 0.544. The highest BCUT2D eigenvalue weighted by Gasteiger charge is 2.33. The minimum atomic E-state index is -0.869. The first-order valence-corrected chi connectivity index (χ1v) is 8.54. The van der Waals surface area contributed by atoms with Gasteiger partial charge in [0, 0.05) is 19.5 Å². The van der Waals surface area contributed by atoms with E-state index in [-0.39, 0.29) is 5.91 Å². The van der Waals surface area contributed by atoms with Gasteiger partial charge in [0.1, 0.15) is 6.04 Å². The van der Waals surface area contributed by atoms with Crippen LogP contribution >= 0.6 is 0 Å². The maximum absolute atomic E-state index is 12.5. The molecular formula is C17H27N3O4. The number of carbonyl (C=O) groups is 4. The molecule has 1 heterocycles. The molecule has 0 aromatic heterocycles. The van der Waals surface area contributed by atoms with E-state index in [4.69, 9.17) is 0 Å². The van der Waals surface area contributed by atoms with Crippen molar-refractivity contribution in [2.24, 2.45) is 0 Å². The van der Waals surface area contributed by atoms with Gasteiger partial charge in [-0.05, 0) is 19.8 Å². The number of hydrogen-bond donors (Lipinski definition) is 2. The van der Waals surface area contributed by atoms with Crippen molar-refractivity contribution in [2.45, 2.75) is 58.5 Å². The Morgan fingerprint density at radius 3 is 2.46 bits per heavy atom. The minimum Gasteiger partial charge on any atom is -0.350 e. The second-order valence-electron chi connectivity index (χ2n) is 5.74. The first kappa shape index (κ1) is 19.9. The first-order valence-electron chi connectivity index (χ1n) is 8.54. The number of rotatable bonds is 9. The van der Waals surface area contributed by atoms with Gasteiger partial charge in [-0.25, -0.2) is 0 Å². The lowest BCUT2D eigenvalue weighted by atomic mass is 10.1. The largest absolute Gasteiger partial charge is 0.350 e. The monoisotopic (exact) mass is 337 g/mol. The fourth-order valence-corrected chi connectivity index (χ4v) is 2.58. The Labute approximate surface area is 142 Å². The van der Waals surface area contributed by atoms with Crippen LogP contribution in [0.5, 0.6) is 0 Å². The second kappa shape index (κ2) is 9.85. The minimum absolute atomic E-state index is 0.0928. The first-order chi connectivity index (χ1) is 11.5. The highest BCUT2D eigenvalue weighted by molar-refractivity contribution is 6.38. The predicted molar refractivity (Wildman–Crippen MR) is 90.1 cm³/mol. The van der Waals surface area contributed by atoms with Gasteiger partial charge in [-0.3, -0.25) is 19.2 Å². The van der Waals surface area contributed by atoms with E-state index in [0.29, 0.717) is 38.8 Å². The van der Waals surface area contributed by atoms with Gasteiger partial charge >= 0.3 is 0 Å². The van der Waals surface area contributed by atoms with Crippen LogP contribution in [0.4, 0.5) is 0 Å². The van der Waals surface area contributed by atoms with E-state index in [9.17, 15) is 19.2 Å². The van der Waals surface area contributed by atoms with E-state index < -0.39 is 29.7 Å². The third-order valence-electron chi connectivity index (χ3n) is 3.78. The molecule has 0 aromatic rings. The standard InChI is InChI=1S/C17H27N3O4/c1-4-8-12(15(22)17(24)18-6-3)19-16(23)13-10-7-11-20(13)14(21)9-5-2/h7,10,12-13H,4-6,8-9,11H2,1-3H3,(H,18,24)(H,19,23). The van der Waals surface area contributed by atoms with Gasteiger partial charge in [-0.1, -0.05) is 32.4 Å². The highest BCUT2D eigenvalue weighted by Crippen LogP contribution is 2.13. The lowest BCUT2D eigenvalue weighted by Gasteiger charge is -2.25. The number of ketones is 1. The Balaban J connectivity index is 2.77. The molecule has 2 atom stereocenters. The Morgan fingerprint density at radius 1 is 1.17 bits per heavy atom. The van der Waals surface area contributed by atoms with Crippen LogP contribution in [0.3, 0.4) is 0 Å². The molecule has 0 fully saturated rings. The van der Waals surface area contributed by atoms with E-state index >= 15 is 0 Å². The summed E-state index contributed by atoms with van der Waals surface area (Å²) in [5.74, 6) is -1.87. The quantitative estimate of drug-likeness (QED) is 0.474. The molecule has 2 N–H and O–H groups in total. The zero-order valence-corrected chi connectivity index (χ0v) is 14.6. The fraction of sp³-hybridized carbons (Fsp3) is 0.647. The smallest absolute Gasteiger partial charge is 0.289 e. The van der Waals surface area contributed by atoms with Crippen molar-refractivity contribution >= 4 is 23.5 Å². The number of nitrogens with zero attached hydrogens (tertiary/aromatic N) is 1.